The molecule has 3 heterocycles. The van der Waals surface area contributed by atoms with Crippen molar-refractivity contribution in [2.45, 2.75) is 12.5 Å². The number of aromatic nitrogens is 5. The molecule has 3 aromatic rings. The van der Waals surface area contributed by atoms with Crippen molar-refractivity contribution in [1.82, 2.24) is 24.9 Å². The number of nitrogens with zero attached hydrogens (tertiary/aromatic N) is 5. The van der Waals surface area contributed by atoms with Gasteiger partial charge >= 0.3 is 8.80 Å². The van der Waals surface area contributed by atoms with Crippen LogP contribution in [0.15, 0.2) is 49.1 Å². The number of hydrogen-bond acceptors (Lipinski definition) is 11. The molecule has 0 unspecified atom stereocenters. The Bertz CT molecular complexity index is 820. The van der Waals surface area contributed by atoms with E-state index >= 15 is 0 Å². The maximum absolute atomic E-state index is 9.08. The van der Waals surface area contributed by atoms with E-state index in [1.807, 2.05) is 0 Å². The van der Waals surface area contributed by atoms with Gasteiger partial charge in [0.05, 0.1) is 0 Å². The third kappa shape index (κ3) is 6.51. The molecule has 0 aromatic carbocycles. The normalized spacial score (nSPS) is 11.1. The first-order valence-corrected chi connectivity index (χ1v) is 10.5. The van der Waals surface area contributed by atoms with Crippen LogP contribution >= 0.6 is 0 Å². The van der Waals surface area contributed by atoms with Crippen LogP contribution in [0.2, 0.25) is 6.04 Å². The van der Waals surface area contributed by atoms with E-state index in [1.165, 1.54) is 0 Å². The molecule has 0 atom stereocenters. The van der Waals surface area contributed by atoms with E-state index in [1.54, 1.807) is 49.1 Å². The molecule has 146 valence electrons. The van der Waals surface area contributed by atoms with Crippen molar-refractivity contribution in [3.63, 3.8) is 0 Å². The SMILES string of the molecule is O[Si](O)(O)CCCNc1nc(Nc2ccncc2)nc(Nc2ccncc2)n1. The molecule has 0 aliphatic carbocycles. The fraction of sp³-hybridized carbons (Fsp3) is 0.188. The lowest BCUT2D eigenvalue weighted by atomic mass is 10.4. The molecular weight excluding hydrogens is 380 g/mol. The standard InChI is InChI=1S/C16H20N8O3Si/c25-28(26,27)11-1-6-19-14-22-15(20-12-2-7-17-8-3-12)24-16(23-14)21-13-4-9-18-10-5-13/h2-5,7-10,25-27H,1,6,11H2,(H3,17,18,19,20,21,22,23,24). The van der Waals surface area contributed by atoms with Gasteiger partial charge in [0.15, 0.2) is 0 Å². The zero-order valence-electron chi connectivity index (χ0n) is 14.8. The van der Waals surface area contributed by atoms with Gasteiger partial charge in [0, 0.05) is 48.8 Å². The molecule has 0 aliphatic heterocycles. The average molecular weight is 400 g/mol. The van der Waals surface area contributed by atoms with E-state index in [4.69, 9.17) is 14.4 Å². The molecule has 28 heavy (non-hydrogen) atoms. The van der Waals surface area contributed by atoms with Crippen LogP contribution in [0.1, 0.15) is 6.42 Å². The molecule has 6 N–H and O–H groups in total. The zero-order valence-corrected chi connectivity index (χ0v) is 15.8. The minimum Gasteiger partial charge on any atom is -0.390 e. The van der Waals surface area contributed by atoms with Gasteiger partial charge in [0.1, 0.15) is 0 Å². The monoisotopic (exact) mass is 400 g/mol. The first kappa shape index (κ1) is 19.6. The fourth-order valence-electron chi connectivity index (χ4n) is 2.22. The highest BCUT2D eigenvalue weighted by Gasteiger charge is 2.25. The maximum atomic E-state index is 9.08. The highest BCUT2D eigenvalue weighted by Crippen LogP contribution is 2.18. The van der Waals surface area contributed by atoms with Crippen LogP contribution in [-0.2, 0) is 0 Å². The zero-order chi connectivity index (χ0) is 19.8. The van der Waals surface area contributed by atoms with Crippen molar-refractivity contribution in [3.05, 3.63) is 49.1 Å². The molecule has 11 nitrogen and oxygen atoms in total. The molecule has 0 saturated carbocycles. The first-order chi connectivity index (χ1) is 13.5. The molecule has 3 rings (SSSR count). The Hall–Kier alpha value is -3.19. The lowest BCUT2D eigenvalue weighted by Gasteiger charge is -2.12. The number of rotatable bonds is 9. The minimum absolute atomic E-state index is 0.0741. The number of nitrogens with one attached hydrogen (secondary N) is 3. The van der Waals surface area contributed by atoms with Crippen LogP contribution in [0.5, 0.6) is 0 Å². The van der Waals surface area contributed by atoms with Gasteiger partial charge in [-0.25, -0.2) is 0 Å². The highest BCUT2D eigenvalue weighted by atomic mass is 28.4. The molecule has 0 radical (unpaired) electrons. The molecule has 0 bridgehead atoms. The highest BCUT2D eigenvalue weighted by molar-refractivity contribution is 6.56. The molecule has 12 heteroatoms. The molecule has 0 saturated heterocycles. The van der Waals surface area contributed by atoms with Crippen molar-refractivity contribution in [2.24, 2.45) is 0 Å². The largest absolute Gasteiger partial charge is 0.492 e. The van der Waals surface area contributed by atoms with Crippen molar-refractivity contribution < 1.29 is 14.4 Å². The van der Waals surface area contributed by atoms with E-state index < -0.39 is 8.80 Å². The summed E-state index contributed by atoms with van der Waals surface area (Å²) in [7, 11) is -4.05. The van der Waals surface area contributed by atoms with E-state index in [0.717, 1.165) is 11.4 Å². The summed E-state index contributed by atoms with van der Waals surface area (Å²) in [5.74, 6) is 0.926. The number of pyridine rings is 2. The van der Waals surface area contributed by atoms with E-state index in [2.05, 4.69) is 40.9 Å². The van der Waals surface area contributed by atoms with Gasteiger partial charge in [-0.3, -0.25) is 9.97 Å². The Morgan fingerprint density at radius 3 is 1.64 bits per heavy atom. The van der Waals surface area contributed by atoms with Gasteiger partial charge in [-0.05, 0) is 30.7 Å². The summed E-state index contributed by atoms with van der Waals surface area (Å²) < 4.78 is 0. The molecule has 0 spiro atoms. The second kappa shape index (κ2) is 9.14. The average Bonchev–Trinajstić information content (AvgIpc) is 2.66. The second-order valence-electron chi connectivity index (χ2n) is 5.83. The summed E-state index contributed by atoms with van der Waals surface area (Å²) in [5, 5.41) is 9.15. The van der Waals surface area contributed by atoms with Crippen LogP contribution < -0.4 is 16.0 Å². The van der Waals surface area contributed by atoms with Gasteiger partial charge in [0.2, 0.25) is 17.8 Å². The van der Waals surface area contributed by atoms with E-state index in [9.17, 15) is 0 Å². The topological polar surface area (TPSA) is 161 Å². The lowest BCUT2D eigenvalue weighted by Crippen LogP contribution is -2.34. The van der Waals surface area contributed by atoms with Crippen LogP contribution in [0.25, 0.3) is 0 Å². The summed E-state index contributed by atoms with van der Waals surface area (Å²) in [4.78, 5) is 48.2. The summed E-state index contributed by atoms with van der Waals surface area (Å²) in [6, 6.07) is 7.04. The summed E-state index contributed by atoms with van der Waals surface area (Å²) in [5.41, 5.74) is 1.53. The van der Waals surface area contributed by atoms with Gasteiger partial charge in [-0.15, -0.1) is 0 Å². The Morgan fingerprint density at radius 1 is 0.714 bits per heavy atom. The fourth-order valence-corrected chi connectivity index (χ4v) is 2.87. The second-order valence-corrected chi connectivity index (χ2v) is 7.88. The summed E-state index contributed by atoms with van der Waals surface area (Å²) in [6.45, 7) is 0.351. The Kier molecular flexibility index (Phi) is 6.39. The molecule has 3 aromatic heterocycles. The van der Waals surface area contributed by atoms with E-state index in [-0.39, 0.29) is 6.04 Å². The van der Waals surface area contributed by atoms with Crippen LogP contribution in [-0.4, -0.2) is 54.7 Å². The van der Waals surface area contributed by atoms with Gasteiger partial charge < -0.3 is 30.3 Å². The van der Waals surface area contributed by atoms with Gasteiger partial charge in [-0.1, -0.05) is 0 Å². The maximum Gasteiger partial charge on any atom is 0.492 e. The Labute approximate surface area is 162 Å². The number of anilines is 5. The molecule has 0 amide bonds. The lowest BCUT2D eigenvalue weighted by molar-refractivity contribution is 0.227. The van der Waals surface area contributed by atoms with Crippen LogP contribution in [0.3, 0.4) is 0 Å². The third-order valence-electron chi connectivity index (χ3n) is 3.48. The van der Waals surface area contributed by atoms with Crippen LogP contribution in [0, 0.1) is 0 Å². The summed E-state index contributed by atoms with van der Waals surface area (Å²) >= 11 is 0. The smallest absolute Gasteiger partial charge is 0.390 e. The molecule has 0 fully saturated rings. The Morgan fingerprint density at radius 2 is 1.18 bits per heavy atom. The van der Waals surface area contributed by atoms with Crippen LogP contribution in [0.4, 0.5) is 29.2 Å². The van der Waals surface area contributed by atoms with Crippen molar-refractivity contribution in [1.29, 1.82) is 0 Å². The number of hydrogen-bond donors (Lipinski definition) is 6. The van der Waals surface area contributed by atoms with Crippen molar-refractivity contribution >= 4 is 38.0 Å². The predicted octanol–water partition coefficient (Wildman–Crippen LogP) is 0.867. The first-order valence-electron chi connectivity index (χ1n) is 8.49. The van der Waals surface area contributed by atoms with Gasteiger partial charge in [0.25, 0.3) is 0 Å². The molecular formula is C16H20N8O3Si. The van der Waals surface area contributed by atoms with Gasteiger partial charge in [-0.2, -0.15) is 15.0 Å². The van der Waals surface area contributed by atoms with Crippen molar-refractivity contribution in [3.8, 4) is 0 Å². The predicted molar refractivity (Wildman–Crippen MR) is 105 cm³/mol. The summed E-state index contributed by atoms with van der Waals surface area (Å²) in [6.07, 6.45) is 6.93. The third-order valence-corrected chi connectivity index (χ3v) is 4.50. The quantitative estimate of drug-likeness (QED) is 0.223. The molecule has 0 aliphatic rings. The minimum atomic E-state index is -4.05. The Balaban J connectivity index is 1.75. The van der Waals surface area contributed by atoms with Crippen molar-refractivity contribution in [2.75, 3.05) is 22.5 Å². The van der Waals surface area contributed by atoms with E-state index in [0.29, 0.717) is 30.8 Å².